The molecule has 0 atom stereocenters. The van der Waals surface area contributed by atoms with E-state index in [1.54, 1.807) is 29.2 Å². The SMILES string of the molecule is CSNc1cccc(-c2cc3cnc(Nc4cnn(C)c4)nc3nc2C)c1F. The highest BCUT2D eigenvalue weighted by Gasteiger charge is 2.14. The van der Waals surface area contributed by atoms with Gasteiger partial charge in [-0.05, 0) is 19.1 Å². The van der Waals surface area contributed by atoms with E-state index in [0.717, 1.165) is 11.1 Å². The Labute approximate surface area is 165 Å². The number of halogens is 1. The molecular weight excluding hydrogens is 377 g/mol. The predicted molar refractivity (Wildman–Crippen MR) is 111 cm³/mol. The highest BCUT2D eigenvalue weighted by molar-refractivity contribution is 7.99. The zero-order valence-electron chi connectivity index (χ0n) is 15.6. The molecule has 142 valence electrons. The van der Waals surface area contributed by atoms with Gasteiger partial charge in [0.25, 0.3) is 0 Å². The Bertz CT molecular complexity index is 1160. The molecule has 7 nitrogen and oxygen atoms in total. The number of hydrogen-bond donors (Lipinski definition) is 2. The maximum absolute atomic E-state index is 14.9. The second-order valence-electron chi connectivity index (χ2n) is 6.23. The van der Waals surface area contributed by atoms with Gasteiger partial charge in [-0.25, -0.2) is 14.4 Å². The van der Waals surface area contributed by atoms with Gasteiger partial charge in [0.2, 0.25) is 5.95 Å². The molecule has 0 unspecified atom stereocenters. The van der Waals surface area contributed by atoms with Crippen molar-refractivity contribution in [1.82, 2.24) is 24.7 Å². The maximum atomic E-state index is 14.9. The molecule has 28 heavy (non-hydrogen) atoms. The van der Waals surface area contributed by atoms with E-state index in [4.69, 9.17) is 0 Å². The van der Waals surface area contributed by atoms with Crippen molar-refractivity contribution >= 4 is 40.3 Å². The van der Waals surface area contributed by atoms with Crippen LogP contribution in [0.3, 0.4) is 0 Å². The first-order valence-electron chi connectivity index (χ1n) is 8.53. The molecule has 3 aromatic heterocycles. The average molecular weight is 395 g/mol. The monoisotopic (exact) mass is 395 g/mol. The molecule has 0 saturated heterocycles. The minimum atomic E-state index is -0.308. The van der Waals surface area contributed by atoms with Crippen LogP contribution >= 0.6 is 11.9 Å². The molecule has 0 fully saturated rings. The van der Waals surface area contributed by atoms with Crippen LogP contribution in [0.2, 0.25) is 0 Å². The van der Waals surface area contributed by atoms with Crippen molar-refractivity contribution in [1.29, 1.82) is 0 Å². The second kappa shape index (κ2) is 7.43. The summed E-state index contributed by atoms with van der Waals surface area (Å²) in [6.07, 6.45) is 7.05. The van der Waals surface area contributed by atoms with E-state index in [2.05, 4.69) is 30.1 Å². The Morgan fingerprint density at radius 3 is 2.75 bits per heavy atom. The van der Waals surface area contributed by atoms with Crippen LogP contribution in [0, 0.1) is 12.7 Å². The fourth-order valence-electron chi connectivity index (χ4n) is 2.93. The van der Waals surface area contributed by atoms with Crippen molar-refractivity contribution < 1.29 is 4.39 Å². The lowest BCUT2D eigenvalue weighted by Gasteiger charge is -2.12. The Kier molecular flexibility index (Phi) is 4.82. The van der Waals surface area contributed by atoms with Gasteiger partial charge >= 0.3 is 0 Å². The lowest BCUT2D eigenvalue weighted by atomic mass is 10.0. The zero-order valence-corrected chi connectivity index (χ0v) is 16.4. The number of pyridine rings is 1. The standard InChI is InChI=1S/C19H18FN7S/c1-11-15(14-5-4-6-16(17(14)20)26-28-3)7-12-8-21-19(25-18(12)23-11)24-13-9-22-27(2)10-13/h4-10,26H,1-3H3,(H,21,23,24,25). The summed E-state index contributed by atoms with van der Waals surface area (Å²) in [5, 5.41) is 7.94. The summed E-state index contributed by atoms with van der Waals surface area (Å²) in [4.78, 5) is 13.4. The molecule has 2 N–H and O–H groups in total. The fraction of sp³-hybridized carbons (Fsp3) is 0.158. The number of nitrogens with zero attached hydrogens (tertiary/aromatic N) is 5. The summed E-state index contributed by atoms with van der Waals surface area (Å²) < 4.78 is 19.5. The van der Waals surface area contributed by atoms with E-state index in [-0.39, 0.29) is 5.82 Å². The zero-order chi connectivity index (χ0) is 19.7. The van der Waals surface area contributed by atoms with Crippen LogP contribution in [0.25, 0.3) is 22.2 Å². The Morgan fingerprint density at radius 2 is 2.00 bits per heavy atom. The van der Waals surface area contributed by atoms with E-state index >= 15 is 0 Å². The number of aromatic nitrogens is 5. The number of anilines is 3. The van der Waals surface area contributed by atoms with Crippen molar-refractivity contribution in [3.8, 4) is 11.1 Å². The third kappa shape index (κ3) is 3.48. The van der Waals surface area contributed by atoms with E-state index in [9.17, 15) is 4.39 Å². The van der Waals surface area contributed by atoms with Gasteiger partial charge in [0.1, 0.15) is 0 Å². The minimum Gasteiger partial charge on any atom is -0.328 e. The number of hydrogen-bond acceptors (Lipinski definition) is 7. The lowest BCUT2D eigenvalue weighted by molar-refractivity contribution is 0.636. The topological polar surface area (TPSA) is 80.5 Å². The van der Waals surface area contributed by atoms with Gasteiger partial charge in [0.15, 0.2) is 11.5 Å². The van der Waals surface area contributed by atoms with E-state index < -0.39 is 0 Å². The van der Waals surface area contributed by atoms with Gasteiger partial charge in [-0.2, -0.15) is 10.1 Å². The fourth-order valence-corrected chi connectivity index (χ4v) is 3.31. The normalized spacial score (nSPS) is 11.0. The largest absolute Gasteiger partial charge is 0.328 e. The van der Waals surface area contributed by atoms with Crippen LogP contribution in [-0.2, 0) is 7.05 Å². The van der Waals surface area contributed by atoms with Gasteiger partial charge in [-0.1, -0.05) is 24.1 Å². The van der Waals surface area contributed by atoms with Crippen LogP contribution in [0.1, 0.15) is 5.69 Å². The van der Waals surface area contributed by atoms with Gasteiger partial charge < -0.3 is 10.0 Å². The molecule has 0 spiro atoms. The summed E-state index contributed by atoms with van der Waals surface area (Å²) in [5.74, 6) is 0.120. The number of nitrogens with one attached hydrogen (secondary N) is 2. The Hall–Kier alpha value is -3.20. The average Bonchev–Trinajstić information content (AvgIpc) is 3.08. The first-order chi connectivity index (χ1) is 13.5. The van der Waals surface area contributed by atoms with Gasteiger partial charge in [0, 0.05) is 47.9 Å². The van der Waals surface area contributed by atoms with Crippen molar-refractivity contribution in [3.05, 3.63) is 54.4 Å². The number of fused-ring (bicyclic) bond motifs is 1. The van der Waals surface area contributed by atoms with Crippen molar-refractivity contribution in [2.45, 2.75) is 6.92 Å². The summed E-state index contributed by atoms with van der Waals surface area (Å²) in [6.45, 7) is 1.85. The molecule has 0 aliphatic heterocycles. The lowest BCUT2D eigenvalue weighted by Crippen LogP contribution is -2.00. The molecule has 0 saturated carbocycles. The Balaban J connectivity index is 1.73. The quantitative estimate of drug-likeness (QED) is 0.488. The molecule has 3 heterocycles. The number of rotatable bonds is 5. The molecule has 4 rings (SSSR count). The number of benzene rings is 1. The van der Waals surface area contributed by atoms with E-state index in [0.29, 0.717) is 34.1 Å². The molecule has 4 aromatic rings. The smallest absolute Gasteiger partial charge is 0.229 e. The summed E-state index contributed by atoms with van der Waals surface area (Å²) in [6, 6.07) is 7.14. The molecule has 1 aromatic carbocycles. The van der Waals surface area contributed by atoms with Crippen molar-refractivity contribution in [2.75, 3.05) is 16.3 Å². The van der Waals surface area contributed by atoms with Gasteiger partial charge in [0.05, 0.1) is 17.6 Å². The van der Waals surface area contributed by atoms with Crippen molar-refractivity contribution in [3.63, 3.8) is 0 Å². The first-order valence-corrected chi connectivity index (χ1v) is 9.75. The van der Waals surface area contributed by atoms with E-state index in [1.165, 1.54) is 11.9 Å². The van der Waals surface area contributed by atoms with Gasteiger partial charge in [-0.15, -0.1) is 0 Å². The predicted octanol–water partition coefficient (Wildman–Crippen LogP) is 4.31. The molecule has 0 bridgehead atoms. The highest BCUT2D eigenvalue weighted by atomic mass is 32.2. The summed E-state index contributed by atoms with van der Waals surface area (Å²) in [5.41, 5.74) is 3.67. The molecule has 0 aliphatic carbocycles. The highest BCUT2D eigenvalue weighted by Crippen LogP contribution is 2.32. The molecule has 0 aliphatic rings. The Morgan fingerprint density at radius 1 is 1.14 bits per heavy atom. The first kappa shape index (κ1) is 18.2. The third-order valence-electron chi connectivity index (χ3n) is 4.22. The summed E-state index contributed by atoms with van der Waals surface area (Å²) in [7, 11) is 1.84. The maximum Gasteiger partial charge on any atom is 0.229 e. The van der Waals surface area contributed by atoms with Crippen LogP contribution < -0.4 is 10.0 Å². The number of aryl methyl sites for hydroxylation is 2. The summed E-state index contributed by atoms with van der Waals surface area (Å²) >= 11 is 1.34. The van der Waals surface area contributed by atoms with Crippen molar-refractivity contribution in [2.24, 2.45) is 7.05 Å². The molecule has 0 amide bonds. The molecule has 0 radical (unpaired) electrons. The minimum absolute atomic E-state index is 0.308. The molecule has 9 heteroatoms. The molecular formula is C19H18FN7S. The third-order valence-corrected chi connectivity index (χ3v) is 4.65. The second-order valence-corrected chi connectivity index (χ2v) is 6.84. The van der Waals surface area contributed by atoms with Crippen LogP contribution in [0.5, 0.6) is 0 Å². The van der Waals surface area contributed by atoms with Crippen LogP contribution in [-0.4, -0.2) is 31.0 Å². The van der Waals surface area contributed by atoms with Crippen LogP contribution in [0.15, 0.2) is 42.9 Å². The van der Waals surface area contributed by atoms with Crippen LogP contribution in [0.4, 0.5) is 21.7 Å². The van der Waals surface area contributed by atoms with E-state index in [1.807, 2.05) is 38.6 Å². The van der Waals surface area contributed by atoms with Gasteiger partial charge in [-0.3, -0.25) is 4.68 Å².